The van der Waals surface area contributed by atoms with E-state index in [1.807, 2.05) is 24.4 Å². The first kappa shape index (κ1) is 23.9. The summed E-state index contributed by atoms with van der Waals surface area (Å²) in [7, 11) is 1.70. The van der Waals surface area contributed by atoms with Gasteiger partial charge in [0.2, 0.25) is 11.5 Å². The summed E-state index contributed by atoms with van der Waals surface area (Å²) in [6, 6.07) is 17.4. The third-order valence-electron chi connectivity index (χ3n) is 8.33. The van der Waals surface area contributed by atoms with Crippen molar-refractivity contribution in [2.24, 2.45) is 5.41 Å². The number of piperidine rings is 1. The number of H-pyrrole nitrogens is 2. The molecule has 5 nitrogen and oxygen atoms in total. The maximum Gasteiger partial charge on any atom is 0.249 e. The van der Waals surface area contributed by atoms with Crippen LogP contribution in [0.5, 0.6) is 5.75 Å². The van der Waals surface area contributed by atoms with Gasteiger partial charge in [0.25, 0.3) is 0 Å². The molecule has 2 aliphatic rings. The number of pyridine rings is 1. The number of nitrogens with one attached hydrogen (secondary N) is 2. The van der Waals surface area contributed by atoms with Crippen LogP contribution in [0, 0.1) is 12.3 Å². The fourth-order valence-electron chi connectivity index (χ4n) is 6.55. The number of hydrogen-bond donors (Lipinski definition) is 2. The van der Waals surface area contributed by atoms with Gasteiger partial charge in [-0.3, -0.25) is 9.69 Å². The molecule has 2 N–H and O–H groups in total. The van der Waals surface area contributed by atoms with Crippen LogP contribution in [0.4, 0.5) is 8.78 Å². The SMILES string of the molecule is COc1cc(C)c2[nH]ccc2c1CN1CCC2(C[C@H]1c1ccc(-c3cccc(=O)[nH]3)cc1)CC(F)(F)C2. The van der Waals surface area contributed by atoms with E-state index in [1.165, 1.54) is 6.07 Å². The number of aromatic nitrogens is 2. The highest BCUT2D eigenvalue weighted by Gasteiger charge is 2.58. The van der Waals surface area contributed by atoms with Crippen LogP contribution in [0.15, 0.2) is 65.6 Å². The van der Waals surface area contributed by atoms with Crippen molar-refractivity contribution in [1.82, 2.24) is 14.9 Å². The zero-order valence-electron chi connectivity index (χ0n) is 21.1. The second kappa shape index (κ2) is 8.84. The molecule has 37 heavy (non-hydrogen) atoms. The first-order valence-corrected chi connectivity index (χ1v) is 12.8. The molecule has 2 aromatic heterocycles. The Morgan fingerprint density at radius 1 is 1.11 bits per heavy atom. The lowest BCUT2D eigenvalue weighted by Crippen LogP contribution is -2.53. The maximum atomic E-state index is 14.0. The van der Waals surface area contributed by atoms with Crippen molar-refractivity contribution in [3.8, 4) is 17.0 Å². The van der Waals surface area contributed by atoms with Crippen LogP contribution >= 0.6 is 0 Å². The number of rotatable bonds is 5. The van der Waals surface area contributed by atoms with Crippen molar-refractivity contribution >= 4 is 10.9 Å². The van der Waals surface area contributed by atoms with E-state index < -0.39 is 5.92 Å². The Bertz CT molecular complexity index is 1500. The molecule has 1 spiro atoms. The molecule has 1 saturated heterocycles. The monoisotopic (exact) mass is 503 g/mol. The number of benzene rings is 2. The lowest BCUT2D eigenvalue weighted by molar-refractivity contribution is -0.186. The van der Waals surface area contributed by atoms with E-state index in [0.717, 1.165) is 57.6 Å². The minimum Gasteiger partial charge on any atom is -0.496 e. The van der Waals surface area contributed by atoms with Crippen molar-refractivity contribution in [3.63, 3.8) is 0 Å². The average Bonchev–Trinajstić information content (AvgIpc) is 3.36. The third-order valence-corrected chi connectivity index (χ3v) is 8.33. The Morgan fingerprint density at radius 2 is 1.89 bits per heavy atom. The van der Waals surface area contributed by atoms with Gasteiger partial charge in [-0.1, -0.05) is 30.3 Å². The van der Waals surface area contributed by atoms with Gasteiger partial charge in [-0.2, -0.15) is 0 Å². The van der Waals surface area contributed by atoms with Crippen molar-refractivity contribution in [3.05, 3.63) is 87.8 Å². The third kappa shape index (κ3) is 4.35. The highest BCUT2D eigenvalue weighted by Crippen LogP contribution is 2.60. The van der Waals surface area contributed by atoms with E-state index in [2.05, 4.69) is 46.1 Å². The number of nitrogens with zero attached hydrogens (tertiary/aromatic N) is 1. The van der Waals surface area contributed by atoms with Gasteiger partial charge in [0, 0.05) is 59.9 Å². The van der Waals surface area contributed by atoms with E-state index in [0.29, 0.717) is 13.0 Å². The summed E-state index contributed by atoms with van der Waals surface area (Å²) in [5.41, 5.74) is 5.67. The molecule has 1 atom stereocenters. The number of methoxy groups -OCH3 is 1. The molecule has 0 bridgehead atoms. The van der Waals surface area contributed by atoms with Gasteiger partial charge in [-0.25, -0.2) is 8.78 Å². The van der Waals surface area contributed by atoms with E-state index >= 15 is 0 Å². The average molecular weight is 504 g/mol. The normalized spacial score (nSPS) is 20.7. The van der Waals surface area contributed by atoms with Crippen molar-refractivity contribution in [1.29, 1.82) is 0 Å². The fourth-order valence-corrected chi connectivity index (χ4v) is 6.55. The highest BCUT2D eigenvalue weighted by atomic mass is 19.3. The predicted octanol–water partition coefficient (Wildman–Crippen LogP) is 6.59. The van der Waals surface area contributed by atoms with Crippen LogP contribution in [0.3, 0.4) is 0 Å². The zero-order chi connectivity index (χ0) is 25.8. The molecular formula is C30H31F2N3O2. The van der Waals surface area contributed by atoms with Gasteiger partial charge in [-0.05, 0) is 66.6 Å². The molecule has 2 aromatic carbocycles. The van der Waals surface area contributed by atoms with E-state index in [4.69, 9.17) is 4.74 Å². The number of aryl methyl sites for hydroxylation is 1. The second-order valence-corrected chi connectivity index (χ2v) is 10.8. The molecule has 4 aromatic rings. The first-order valence-electron chi connectivity index (χ1n) is 12.8. The van der Waals surface area contributed by atoms with E-state index in [1.54, 1.807) is 13.2 Å². The van der Waals surface area contributed by atoms with Gasteiger partial charge in [0.1, 0.15) is 5.75 Å². The second-order valence-electron chi connectivity index (χ2n) is 10.8. The zero-order valence-corrected chi connectivity index (χ0v) is 21.1. The molecule has 3 heterocycles. The fraction of sp³-hybridized carbons (Fsp3) is 0.367. The van der Waals surface area contributed by atoms with Gasteiger partial charge in [0.15, 0.2) is 0 Å². The Labute approximate surface area is 214 Å². The molecule has 0 radical (unpaired) electrons. The molecule has 6 rings (SSSR count). The number of halogens is 2. The minimum absolute atomic E-state index is 0.00808. The smallest absolute Gasteiger partial charge is 0.249 e. The molecule has 1 aliphatic heterocycles. The first-order chi connectivity index (χ1) is 17.8. The number of likely N-dealkylation sites (tertiary alicyclic amines) is 1. The van der Waals surface area contributed by atoms with Gasteiger partial charge in [0.05, 0.1) is 7.11 Å². The number of fused-ring (bicyclic) bond motifs is 1. The summed E-state index contributed by atoms with van der Waals surface area (Å²) >= 11 is 0. The van der Waals surface area contributed by atoms with Crippen LogP contribution in [0.2, 0.25) is 0 Å². The lowest BCUT2D eigenvalue weighted by Gasteiger charge is -2.54. The summed E-state index contributed by atoms with van der Waals surface area (Å²) in [5.74, 6) is -1.70. The Morgan fingerprint density at radius 3 is 2.59 bits per heavy atom. The van der Waals surface area contributed by atoms with Gasteiger partial charge >= 0.3 is 0 Å². The summed E-state index contributed by atoms with van der Waals surface area (Å²) in [5, 5.41) is 1.13. The van der Waals surface area contributed by atoms with Crippen LogP contribution < -0.4 is 10.3 Å². The van der Waals surface area contributed by atoms with Gasteiger partial charge < -0.3 is 14.7 Å². The Balaban J connectivity index is 1.35. The molecule has 1 aliphatic carbocycles. The minimum atomic E-state index is -2.55. The van der Waals surface area contributed by atoms with Gasteiger partial charge in [-0.15, -0.1) is 0 Å². The van der Waals surface area contributed by atoms with Crippen LogP contribution in [-0.4, -0.2) is 34.4 Å². The molecule has 0 unspecified atom stereocenters. The lowest BCUT2D eigenvalue weighted by atomic mass is 9.59. The predicted molar refractivity (Wildman–Crippen MR) is 141 cm³/mol. The molecular weight excluding hydrogens is 472 g/mol. The van der Waals surface area contributed by atoms with Crippen LogP contribution in [0.25, 0.3) is 22.2 Å². The number of hydrogen-bond acceptors (Lipinski definition) is 3. The number of aromatic amines is 2. The number of alkyl halides is 2. The van der Waals surface area contributed by atoms with Crippen molar-refractivity contribution in [2.75, 3.05) is 13.7 Å². The summed E-state index contributed by atoms with van der Waals surface area (Å²) in [4.78, 5) is 20.4. The topological polar surface area (TPSA) is 61.1 Å². The van der Waals surface area contributed by atoms with Crippen molar-refractivity contribution in [2.45, 2.75) is 51.1 Å². The van der Waals surface area contributed by atoms with E-state index in [-0.39, 0.29) is 29.9 Å². The molecule has 192 valence electrons. The molecule has 7 heteroatoms. The maximum absolute atomic E-state index is 14.0. The van der Waals surface area contributed by atoms with Crippen LogP contribution in [-0.2, 0) is 6.54 Å². The summed E-state index contributed by atoms with van der Waals surface area (Å²) in [6.07, 6.45) is 3.38. The highest BCUT2D eigenvalue weighted by molar-refractivity contribution is 5.88. The molecule has 1 saturated carbocycles. The standard InChI is InChI=1S/C30H31F2N3O2/c1-19-14-26(37-2)23(22-10-12-33-28(19)22)16-35-13-11-29(17-30(31,32)18-29)15-25(35)21-8-6-20(7-9-21)24-4-3-5-27(36)34-24/h3-10,12,14,25,33H,11,13,15-18H2,1-2H3,(H,34,36)/t25-/m0/s1. The van der Waals surface area contributed by atoms with Crippen LogP contribution in [0.1, 0.15) is 48.4 Å². The Hall–Kier alpha value is -3.45. The summed E-state index contributed by atoms with van der Waals surface area (Å²) in [6.45, 7) is 3.48. The van der Waals surface area contributed by atoms with Crippen molar-refractivity contribution < 1.29 is 13.5 Å². The number of ether oxygens (including phenoxy) is 1. The van der Waals surface area contributed by atoms with E-state index in [9.17, 15) is 13.6 Å². The Kier molecular flexibility index (Phi) is 5.71. The summed E-state index contributed by atoms with van der Waals surface area (Å²) < 4.78 is 33.8. The largest absolute Gasteiger partial charge is 0.496 e. The molecule has 2 fully saturated rings. The molecule has 0 amide bonds. The quantitative estimate of drug-likeness (QED) is 0.323.